The zero-order valence-corrected chi connectivity index (χ0v) is 13.4. The molecule has 0 spiro atoms. The minimum absolute atomic E-state index is 0.285. The topological polar surface area (TPSA) is 42.2 Å². The minimum atomic E-state index is -0.923. The van der Waals surface area contributed by atoms with Gasteiger partial charge in [-0.15, -0.1) is 0 Å². The Hall–Kier alpha value is -1.74. The highest BCUT2D eigenvalue weighted by molar-refractivity contribution is 6.33. The van der Waals surface area contributed by atoms with Crippen molar-refractivity contribution in [1.29, 1.82) is 0 Å². The standard InChI is InChI=1S/C17H20ClNO2/c1-4-5-8-19-15-7-6-11(2)9-13(15)14(16(19)18)10-12(3)17(20)21/h6-7,9-10H,4-5,8H2,1-3H3,(H,20,21)/b12-10+. The Morgan fingerprint density at radius 3 is 2.76 bits per heavy atom. The number of carboxylic acid groups (broad SMARTS) is 1. The lowest BCUT2D eigenvalue weighted by Crippen LogP contribution is -1.98. The molecule has 0 fully saturated rings. The second kappa shape index (κ2) is 6.35. The lowest BCUT2D eigenvalue weighted by Gasteiger charge is -2.06. The molecule has 0 amide bonds. The molecule has 21 heavy (non-hydrogen) atoms. The lowest BCUT2D eigenvalue weighted by atomic mass is 10.1. The summed E-state index contributed by atoms with van der Waals surface area (Å²) in [6.07, 6.45) is 3.79. The number of nitrogens with zero attached hydrogens (tertiary/aromatic N) is 1. The van der Waals surface area contributed by atoms with Crippen LogP contribution in [-0.2, 0) is 11.3 Å². The van der Waals surface area contributed by atoms with E-state index in [9.17, 15) is 4.79 Å². The number of unbranched alkanes of at least 4 members (excludes halogenated alkanes) is 1. The Kier molecular flexibility index (Phi) is 4.73. The van der Waals surface area contributed by atoms with E-state index in [2.05, 4.69) is 29.7 Å². The van der Waals surface area contributed by atoms with E-state index in [1.54, 1.807) is 13.0 Å². The molecule has 2 aromatic rings. The second-order valence-electron chi connectivity index (χ2n) is 5.36. The van der Waals surface area contributed by atoms with Crippen molar-refractivity contribution < 1.29 is 9.90 Å². The molecule has 0 bridgehead atoms. The van der Waals surface area contributed by atoms with Crippen molar-refractivity contribution in [3.8, 4) is 0 Å². The number of aliphatic carboxylic acids is 1. The number of carboxylic acids is 1. The summed E-state index contributed by atoms with van der Waals surface area (Å²) in [7, 11) is 0. The number of aryl methyl sites for hydroxylation is 2. The first-order chi connectivity index (χ1) is 9.95. The number of benzene rings is 1. The predicted molar refractivity (Wildman–Crippen MR) is 87.9 cm³/mol. The van der Waals surface area contributed by atoms with Crippen molar-refractivity contribution in [1.82, 2.24) is 4.57 Å². The van der Waals surface area contributed by atoms with Crippen molar-refractivity contribution in [3.63, 3.8) is 0 Å². The molecule has 0 aliphatic rings. The quantitative estimate of drug-likeness (QED) is 0.799. The van der Waals surface area contributed by atoms with Crippen LogP contribution in [0.3, 0.4) is 0 Å². The molecular formula is C17H20ClNO2. The monoisotopic (exact) mass is 305 g/mol. The van der Waals surface area contributed by atoms with E-state index in [0.29, 0.717) is 5.15 Å². The molecule has 0 saturated heterocycles. The number of hydrogen-bond donors (Lipinski definition) is 1. The van der Waals surface area contributed by atoms with Crippen LogP contribution in [0, 0.1) is 6.92 Å². The minimum Gasteiger partial charge on any atom is -0.478 e. The number of halogens is 1. The normalized spacial score (nSPS) is 12.1. The molecule has 1 aromatic carbocycles. The maximum atomic E-state index is 11.1. The first-order valence-electron chi connectivity index (χ1n) is 7.15. The van der Waals surface area contributed by atoms with Gasteiger partial charge in [0.1, 0.15) is 5.15 Å². The van der Waals surface area contributed by atoms with E-state index in [1.807, 2.05) is 6.92 Å². The summed E-state index contributed by atoms with van der Waals surface area (Å²) in [5, 5.41) is 10.7. The van der Waals surface area contributed by atoms with Crippen LogP contribution in [0.2, 0.25) is 5.15 Å². The van der Waals surface area contributed by atoms with E-state index in [1.165, 1.54) is 0 Å². The SMILES string of the molecule is CCCCn1c(Cl)c(/C=C(\C)C(=O)O)c2cc(C)ccc21. The van der Waals surface area contributed by atoms with Gasteiger partial charge in [0, 0.05) is 28.6 Å². The molecule has 0 aliphatic carbocycles. The third-order valence-corrected chi connectivity index (χ3v) is 4.03. The summed E-state index contributed by atoms with van der Waals surface area (Å²) in [4.78, 5) is 11.1. The van der Waals surface area contributed by atoms with Crippen LogP contribution in [0.25, 0.3) is 17.0 Å². The Morgan fingerprint density at radius 2 is 2.14 bits per heavy atom. The molecule has 112 valence electrons. The Balaban J connectivity index is 2.68. The summed E-state index contributed by atoms with van der Waals surface area (Å²) >= 11 is 6.51. The number of rotatable bonds is 5. The van der Waals surface area contributed by atoms with Crippen molar-refractivity contribution in [2.24, 2.45) is 0 Å². The summed E-state index contributed by atoms with van der Waals surface area (Å²) in [6.45, 7) is 6.59. The predicted octanol–water partition coefficient (Wildman–Crippen LogP) is 4.89. The van der Waals surface area contributed by atoms with Crippen LogP contribution < -0.4 is 0 Å². The number of aromatic nitrogens is 1. The highest BCUT2D eigenvalue weighted by Crippen LogP contribution is 2.33. The highest BCUT2D eigenvalue weighted by atomic mass is 35.5. The van der Waals surface area contributed by atoms with Gasteiger partial charge in [0.2, 0.25) is 0 Å². The van der Waals surface area contributed by atoms with Gasteiger partial charge < -0.3 is 9.67 Å². The average molecular weight is 306 g/mol. The van der Waals surface area contributed by atoms with Crippen molar-refractivity contribution in [2.45, 2.75) is 40.2 Å². The summed E-state index contributed by atoms with van der Waals surface area (Å²) in [6, 6.07) is 6.17. The smallest absolute Gasteiger partial charge is 0.331 e. The summed E-state index contributed by atoms with van der Waals surface area (Å²) in [5.41, 5.74) is 3.28. The highest BCUT2D eigenvalue weighted by Gasteiger charge is 2.15. The van der Waals surface area contributed by atoms with Gasteiger partial charge >= 0.3 is 5.97 Å². The van der Waals surface area contributed by atoms with Gasteiger partial charge in [-0.05, 0) is 38.5 Å². The van der Waals surface area contributed by atoms with E-state index >= 15 is 0 Å². The zero-order valence-electron chi connectivity index (χ0n) is 12.6. The van der Waals surface area contributed by atoms with E-state index < -0.39 is 5.97 Å². The van der Waals surface area contributed by atoms with Crippen LogP contribution in [0.1, 0.15) is 37.8 Å². The zero-order chi connectivity index (χ0) is 15.6. The molecule has 0 radical (unpaired) electrons. The van der Waals surface area contributed by atoms with Gasteiger partial charge in [0.05, 0.1) is 0 Å². The molecule has 1 aromatic heterocycles. The van der Waals surface area contributed by atoms with E-state index in [-0.39, 0.29) is 5.57 Å². The summed E-state index contributed by atoms with van der Waals surface area (Å²) < 4.78 is 2.07. The van der Waals surface area contributed by atoms with Crippen LogP contribution in [0.15, 0.2) is 23.8 Å². The molecule has 1 N–H and O–H groups in total. The number of hydrogen-bond acceptors (Lipinski definition) is 1. The van der Waals surface area contributed by atoms with Crippen molar-refractivity contribution >= 4 is 34.5 Å². The molecule has 3 nitrogen and oxygen atoms in total. The fraction of sp³-hybridized carbons (Fsp3) is 0.353. The Bertz CT molecular complexity index is 713. The van der Waals surface area contributed by atoms with Crippen molar-refractivity contribution in [3.05, 3.63) is 40.1 Å². The first kappa shape index (κ1) is 15.6. The molecular weight excluding hydrogens is 286 g/mol. The largest absolute Gasteiger partial charge is 0.478 e. The van der Waals surface area contributed by atoms with Crippen LogP contribution in [0.4, 0.5) is 0 Å². The molecule has 1 heterocycles. The van der Waals surface area contributed by atoms with E-state index in [0.717, 1.165) is 41.4 Å². The Labute approximate surface area is 129 Å². The maximum absolute atomic E-state index is 11.1. The van der Waals surface area contributed by atoms with Gasteiger partial charge in [-0.25, -0.2) is 4.79 Å². The maximum Gasteiger partial charge on any atom is 0.331 e. The average Bonchev–Trinajstić information content (AvgIpc) is 2.69. The van der Waals surface area contributed by atoms with Gasteiger partial charge in [0.25, 0.3) is 0 Å². The third-order valence-electron chi connectivity index (χ3n) is 3.63. The van der Waals surface area contributed by atoms with Gasteiger partial charge in [-0.2, -0.15) is 0 Å². The molecule has 2 rings (SSSR count). The fourth-order valence-corrected chi connectivity index (χ4v) is 2.75. The van der Waals surface area contributed by atoms with Gasteiger partial charge in [0.15, 0.2) is 0 Å². The second-order valence-corrected chi connectivity index (χ2v) is 5.72. The number of fused-ring (bicyclic) bond motifs is 1. The number of carbonyl (C=O) groups is 1. The third kappa shape index (κ3) is 3.13. The lowest BCUT2D eigenvalue weighted by molar-refractivity contribution is -0.132. The van der Waals surface area contributed by atoms with Gasteiger partial charge in [-0.1, -0.05) is 36.6 Å². The first-order valence-corrected chi connectivity index (χ1v) is 7.53. The van der Waals surface area contributed by atoms with E-state index in [4.69, 9.17) is 16.7 Å². The van der Waals surface area contributed by atoms with Crippen LogP contribution in [-0.4, -0.2) is 15.6 Å². The molecule has 0 saturated carbocycles. The van der Waals surface area contributed by atoms with Gasteiger partial charge in [-0.3, -0.25) is 0 Å². The van der Waals surface area contributed by atoms with Crippen molar-refractivity contribution in [2.75, 3.05) is 0 Å². The Morgan fingerprint density at radius 1 is 1.43 bits per heavy atom. The summed E-state index contributed by atoms with van der Waals surface area (Å²) in [5.74, 6) is -0.923. The van der Waals surface area contributed by atoms with Crippen LogP contribution >= 0.6 is 11.6 Å². The molecule has 4 heteroatoms. The molecule has 0 aliphatic heterocycles. The molecule has 0 atom stereocenters. The van der Waals surface area contributed by atoms with Crippen LogP contribution in [0.5, 0.6) is 0 Å². The molecule has 0 unspecified atom stereocenters. The fourth-order valence-electron chi connectivity index (χ4n) is 2.41.